The highest BCUT2D eigenvalue weighted by Gasteiger charge is 2.46. The molecule has 1 aromatic carbocycles. The molecule has 0 aromatic heterocycles. The predicted molar refractivity (Wildman–Crippen MR) is 67.1 cm³/mol. The molecule has 1 aromatic rings. The number of rotatable bonds is 1. The van der Waals surface area contributed by atoms with Crippen LogP contribution in [0.3, 0.4) is 0 Å². The van der Waals surface area contributed by atoms with E-state index in [4.69, 9.17) is 4.74 Å². The third-order valence-corrected chi connectivity index (χ3v) is 4.42. The SMILES string of the molecule is Cc1cc2c(c(C)c1O)C(NO)CC1(CCC1)O2. The van der Waals surface area contributed by atoms with Crippen molar-refractivity contribution < 1.29 is 15.1 Å². The lowest BCUT2D eigenvalue weighted by atomic mass is 9.72. The summed E-state index contributed by atoms with van der Waals surface area (Å²) in [6.45, 7) is 3.74. The molecular weight excluding hydrogens is 230 g/mol. The second-order valence-electron chi connectivity index (χ2n) is 5.60. The molecule has 2 aliphatic rings. The Hall–Kier alpha value is -1.26. The Morgan fingerprint density at radius 1 is 1.39 bits per heavy atom. The molecule has 1 fully saturated rings. The van der Waals surface area contributed by atoms with Crippen LogP contribution in [0.5, 0.6) is 11.5 Å². The van der Waals surface area contributed by atoms with Gasteiger partial charge in [-0.15, -0.1) is 0 Å². The van der Waals surface area contributed by atoms with Gasteiger partial charge in [0.1, 0.15) is 17.1 Å². The highest BCUT2D eigenvalue weighted by Crippen LogP contribution is 2.51. The Morgan fingerprint density at radius 2 is 2.11 bits per heavy atom. The van der Waals surface area contributed by atoms with Crippen molar-refractivity contribution >= 4 is 0 Å². The van der Waals surface area contributed by atoms with Crippen LogP contribution in [0.4, 0.5) is 0 Å². The van der Waals surface area contributed by atoms with E-state index in [0.29, 0.717) is 5.75 Å². The fraction of sp³-hybridized carbons (Fsp3) is 0.571. The van der Waals surface area contributed by atoms with Crippen LogP contribution < -0.4 is 10.2 Å². The Morgan fingerprint density at radius 3 is 2.67 bits per heavy atom. The molecule has 1 saturated carbocycles. The van der Waals surface area contributed by atoms with E-state index in [2.05, 4.69) is 5.48 Å². The van der Waals surface area contributed by atoms with Crippen molar-refractivity contribution in [1.82, 2.24) is 5.48 Å². The van der Waals surface area contributed by atoms with Crippen LogP contribution in [-0.2, 0) is 0 Å². The van der Waals surface area contributed by atoms with Crippen molar-refractivity contribution in [2.75, 3.05) is 0 Å². The van der Waals surface area contributed by atoms with Crippen molar-refractivity contribution in [3.8, 4) is 11.5 Å². The number of aryl methyl sites for hydroxylation is 1. The molecule has 0 saturated heterocycles. The van der Waals surface area contributed by atoms with E-state index in [1.54, 1.807) is 0 Å². The van der Waals surface area contributed by atoms with E-state index in [1.165, 1.54) is 6.42 Å². The summed E-state index contributed by atoms with van der Waals surface area (Å²) in [6.07, 6.45) is 4.04. The van der Waals surface area contributed by atoms with Gasteiger partial charge in [-0.3, -0.25) is 0 Å². The molecule has 0 bridgehead atoms. The zero-order chi connectivity index (χ0) is 12.9. The monoisotopic (exact) mass is 249 g/mol. The van der Waals surface area contributed by atoms with Crippen molar-refractivity contribution in [2.24, 2.45) is 0 Å². The molecule has 0 amide bonds. The number of phenolic OH excluding ortho intramolecular Hbond substituents is 1. The van der Waals surface area contributed by atoms with Crippen molar-refractivity contribution in [2.45, 2.75) is 51.2 Å². The molecular formula is C14H19NO3. The Kier molecular flexibility index (Phi) is 2.54. The van der Waals surface area contributed by atoms with Gasteiger partial charge in [0, 0.05) is 12.0 Å². The molecule has 1 aliphatic heterocycles. The lowest BCUT2D eigenvalue weighted by Gasteiger charge is -2.48. The second kappa shape index (κ2) is 3.87. The first-order chi connectivity index (χ1) is 8.56. The Bertz CT molecular complexity index is 494. The van der Waals surface area contributed by atoms with Crippen molar-refractivity contribution in [3.05, 3.63) is 22.8 Å². The third-order valence-electron chi connectivity index (χ3n) is 4.42. The summed E-state index contributed by atoms with van der Waals surface area (Å²) >= 11 is 0. The van der Waals surface area contributed by atoms with Gasteiger partial charge in [0.15, 0.2) is 0 Å². The average molecular weight is 249 g/mol. The molecule has 4 nitrogen and oxygen atoms in total. The summed E-state index contributed by atoms with van der Waals surface area (Å²) in [6, 6.07) is 1.72. The highest BCUT2D eigenvalue weighted by molar-refractivity contribution is 5.54. The lowest BCUT2D eigenvalue weighted by molar-refractivity contribution is -0.0531. The summed E-state index contributed by atoms with van der Waals surface area (Å²) in [4.78, 5) is 0. The van der Waals surface area contributed by atoms with E-state index >= 15 is 0 Å². The quantitative estimate of drug-likeness (QED) is 0.670. The van der Waals surface area contributed by atoms with Crippen LogP contribution >= 0.6 is 0 Å². The Labute approximate surface area is 107 Å². The standard InChI is InChI=1S/C14H19NO3/c1-8-6-11-12(9(2)13(8)16)10(15-17)7-14(18-11)4-3-5-14/h6,10,15-17H,3-5,7H2,1-2H3. The zero-order valence-corrected chi connectivity index (χ0v) is 10.8. The fourth-order valence-corrected chi connectivity index (χ4v) is 3.20. The van der Waals surface area contributed by atoms with Gasteiger partial charge in [0.2, 0.25) is 0 Å². The maximum absolute atomic E-state index is 10.0. The van der Waals surface area contributed by atoms with E-state index in [0.717, 1.165) is 41.7 Å². The van der Waals surface area contributed by atoms with E-state index in [9.17, 15) is 10.3 Å². The number of hydrogen-bond acceptors (Lipinski definition) is 4. The van der Waals surface area contributed by atoms with Gasteiger partial charge < -0.3 is 15.1 Å². The number of benzene rings is 1. The second-order valence-corrected chi connectivity index (χ2v) is 5.60. The lowest BCUT2D eigenvalue weighted by Crippen LogP contribution is -2.49. The topological polar surface area (TPSA) is 61.7 Å². The maximum Gasteiger partial charge on any atom is 0.125 e. The van der Waals surface area contributed by atoms with Crippen LogP contribution in [0, 0.1) is 13.8 Å². The summed E-state index contributed by atoms with van der Waals surface area (Å²) in [5.41, 5.74) is 4.77. The smallest absolute Gasteiger partial charge is 0.125 e. The highest BCUT2D eigenvalue weighted by atomic mass is 16.5. The number of nitrogens with one attached hydrogen (secondary N) is 1. The number of aromatic hydroxyl groups is 1. The van der Waals surface area contributed by atoms with Gasteiger partial charge in [-0.25, -0.2) is 0 Å². The maximum atomic E-state index is 10.0. The van der Waals surface area contributed by atoms with Crippen LogP contribution in [-0.4, -0.2) is 15.9 Å². The van der Waals surface area contributed by atoms with Gasteiger partial charge in [0.05, 0.1) is 6.04 Å². The molecule has 3 rings (SSSR count). The molecule has 1 spiro atoms. The van der Waals surface area contributed by atoms with Crippen LogP contribution in [0.25, 0.3) is 0 Å². The molecule has 98 valence electrons. The first-order valence-electron chi connectivity index (χ1n) is 6.48. The molecule has 1 heterocycles. The number of hydroxylamine groups is 1. The minimum absolute atomic E-state index is 0.108. The van der Waals surface area contributed by atoms with Crippen LogP contribution in [0.2, 0.25) is 0 Å². The van der Waals surface area contributed by atoms with Gasteiger partial charge in [0.25, 0.3) is 0 Å². The van der Waals surface area contributed by atoms with Crippen molar-refractivity contribution in [3.63, 3.8) is 0 Å². The van der Waals surface area contributed by atoms with Crippen LogP contribution in [0.1, 0.15) is 48.4 Å². The molecule has 4 heteroatoms. The fourth-order valence-electron chi connectivity index (χ4n) is 3.20. The molecule has 1 aliphatic carbocycles. The van der Waals surface area contributed by atoms with Crippen molar-refractivity contribution in [1.29, 1.82) is 0 Å². The first-order valence-corrected chi connectivity index (χ1v) is 6.48. The number of phenols is 1. The number of fused-ring (bicyclic) bond motifs is 1. The molecule has 18 heavy (non-hydrogen) atoms. The average Bonchev–Trinajstić information content (AvgIpc) is 2.32. The largest absolute Gasteiger partial charge is 0.507 e. The number of hydrogen-bond donors (Lipinski definition) is 3. The minimum atomic E-state index is -0.152. The molecule has 1 unspecified atom stereocenters. The Balaban J connectivity index is 2.11. The van der Waals surface area contributed by atoms with E-state index in [1.807, 2.05) is 19.9 Å². The van der Waals surface area contributed by atoms with Gasteiger partial charge in [-0.1, -0.05) is 0 Å². The van der Waals surface area contributed by atoms with Gasteiger partial charge in [-0.05, 0) is 50.3 Å². The first kappa shape index (κ1) is 11.8. The minimum Gasteiger partial charge on any atom is -0.507 e. The summed E-state index contributed by atoms with van der Waals surface area (Å²) in [5.74, 6) is 1.10. The summed E-state index contributed by atoms with van der Waals surface area (Å²) in [7, 11) is 0. The molecule has 0 radical (unpaired) electrons. The van der Waals surface area contributed by atoms with E-state index < -0.39 is 0 Å². The molecule has 3 N–H and O–H groups in total. The van der Waals surface area contributed by atoms with E-state index in [-0.39, 0.29) is 11.6 Å². The van der Waals surface area contributed by atoms with Gasteiger partial charge in [-0.2, -0.15) is 5.48 Å². The molecule has 1 atom stereocenters. The summed E-state index contributed by atoms with van der Waals surface area (Å²) in [5, 5.41) is 19.4. The summed E-state index contributed by atoms with van der Waals surface area (Å²) < 4.78 is 6.14. The van der Waals surface area contributed by atoms with Crippen LogP contribution in [0.15, 0.2) is 6.07 Å². The predicted octanol–water partition coefficient (Wildman–Crippen LogP) is 2.73. The normalized spacial score (nSPS) is 24.3. The number of ether oxygens (including phenoxy) is 1. The third kappa shape index (κ3) is 1.52. The van der Waals surface area contributed by atoms with Gasteiger partial charge >= 0.3 is 0 Å². The zero-order valence-electron chi connectivity index (χ0n) is 10.8.